The van der Waals surface area contributed by atoms with Crippen molar-refractivity contribution in [3.05, 3.63) is 0 Å². The number of thioether (sulfide) groups is 1. The lowest BCUT2D eigenvalue weighted by atomic mass is 10.0. The summed E-state index contributed by atoms with van der Waals surface area (Å²) in [6.45, 7) is 3.67. The molecule has 0 bridgehead atoms. The average Bonchev–Trinajstić information content (AvgIpc) is 2.07. The third-order valence-corrected chi connectivity index (χ3v) is 3.71. The largest absolute Gasteiger partial charge is 0.380 e. The van der Waals surface area contributed by atoms with Crippen molar-refractivity contribution in [3.8, 4) is 0 Å². The molecule has 0 radical (unpaired) electrons. The Kier molecular flexibility index (Phi) is 2.39. The molecule has 0 aromatic carbocycles. The molecule has 2 saturated heterocycles. The van der Waals surface area contributed by atoms with Crippen LogP contribution in [-0.2, 0) is 9.47 Å². The van der Waals surface area contributed by atoms with Gasteiger partial charge < -0.3 is 9.47 Å². The van der Waals surface area contributed by atoms with Gasteiger partial charge in [0.05, 0.1) is 24.6 Å². The van der Waals surface area contributed by atoms with E-state index in [4.69, 9.17) is 9.47 Å². The van der Waals surface area contributed by atoms with E-state index in [1.165, 1.54) is 12.8 Å². The molecule has 0 saturated carbocycles. The van der Waals surface area contributed by atoms with Gasteiger partial charge in [-0.25, -0.2) is 0 Å². The van der Waals surface area contributed by atoms with Crippen LogP contribution in [-0.4, -0.2) is 36.9 Å². The highest BCUT2D eigenvalue weighted by atomic mass is 32.2. The summed E-state index contributed by atoms with van der Waals surface area (Å²) in [6.07, 6.45) is 2.48. The van der Waals surface area contributed by atoms with E-state index in [-0.39, 0.29) is 0 Å². The SMILES string of the molecule is C1COCC2(C1)COCCS2. The van der Waals surface area contributed by atoms with Crippen molar-refractivity contribution >= 4 is 11.8 Å². The molecule has 1 spiro atoms. The minimum atomic E-state index is 0.330. The smallest absolute Gasteiger partial charge is 0.0636 e. The average molecular weight is 174 g/mol. The number of rotatable bonds is 0. The number of ether oxygens (including phenoxy) is 2. The van der Waals surface area contributed by atoms with Crippen molar-refractivity contribution < 1.29 is 9.47 Å². The first kappa shape index (κ1) is 7.90. The van der Waals surface area contributed by atoms with Crippen LogP contribution in [0.2, 0.25) is 0 Å². The third-order valence-electron chi connectivity index (χ3n) is 2.29. The molecule has 64 valence electrons. The third kappa shape index (κ3) is 1.71. The van der Waals surface area contributed by atoms with Crippen LogP contribution in [0.25, 0.3) is 0 Å². The predicted molar refractivity (Wildman–Crippen MR) is 46.1 cm³/mol. The molecule has 11 heavy (non-hydrogen) atoms. The molecule has 3 heteroatoms. The standard InChI is InChI=1S/C8H14O2S/c1-2-8(6-9-3-1)7-10-4-5-11-8/h1-7H2. The Hall–Kier alpha value is 0.270. The molecule has 2 aliphatic rings. The second-order valence-electron chi connectivity index (χ2n) is 3.24. The van der Waals surface area contributed by atoms with Crippen molar-refractivity contribution in [2.24, 2.45) is 0 Å². The monoisotopic (exact) mass is 174 g/mol. The molecule has 2 heterocycles. The van der Waals surface area contributed by atoms with Crippen LogP contribution in [0.5, 0.6) is 0 Å². The van der Waals surface area contributed by atoms with Gasteiger partial charge in [-0.15, -0.1) is 11.8 Å². The molecule has 0 aromatic rings. The summed E-state index contributed by atoms with van der Waals surface area (Å²) in [5, 5.41) is 0. The van der Waals surface area contributed by atoms with Crippen molar-refractivity contribution in [1.82, 2.24) is 0 Å². The summed E-state index contributed by atoms with van der Waals surface area (Å²) in [7, 11) is 0. The Labute approximate surface area is 71.6 Å². The number of hydrogen-bond acceptors (Lipinski definition) is 3. The summed E-state index contributed by atoms with van der Waals surface area (Å²) in [4.78, 5) is 0. The highest BCUT2D eigenvalue weighted by molar-refractivity contribution is 8.00. The quantitative estimate of drug-likeness (QED) is 0.551. The minimum absolute atomic E-state index is 0.330. The zero-order valence-corrected chi connectivity index (χ0v) is 7.49. The van der Waals surface area contributed by atoms with Gasteiger partial charge in [0.25, 0.3) is 0 Å². The summed E-state index contributed by atoms with van der Waals surface area (Å²) in [5.74, 6) is 1.14. The first-order valence-electron chi connectivity index (χ1n) is 4.21. The van der Waals surface area contributed by atoms with E-state index in [0.29, 0.717) is 4.75 Å². The Balaban J connectivity index is 1.94. The molecular formula is C8H14O2S. The Morgan fingerprint density at radius 3 is 2.45 bits per heavy atom. The lowest BCUT2D eigenvalue weighted by molar-refractivity contribution is 0.0202. The topological polar surface area (TPSA) is 18.5 Å². The zero-order valence-electron chi connectivity index (χ0n) is 6.67. The van der Waals surface area contributed by atoms with E-state index >= 15 is 0 Å². The fourth-order valence-electron chi connectivity index (χ4n) is 1.67. The molecule has 2 rings (SSSR count). The van der Waals surface area contributed by atoms with Gasteiger partial charge in [0.2, 0.25) is 0 Å². The van der Waals surface area contributed by atoms with E-state index in [1.54, 1.807) is 0 Å². The summed E-state index contributed by atoms with van der Waals surface area (Å²) in [6, 6.07) is 0. The summed E-state index contributed by atoms with van der Waals surface area (Å²) < 4.78 is 11.3. The maximum Gasteiger partial charge on any atom is 0.0636 e. The highest BCUT2D eigenvalue weighted by Crippen LogP contribution is 2.36. The van der Waals surface area contributed by atoms with Crippen LogP contribution in [0.1, 0.15) is 12.8 Å². The van der Waals surface area contributed by atoms with Crippen LogP contribution in [0.4, 0.5) is 0 Å². The van der Waals surface area contributed by atoms with Gasteiger partial charge in [0.15, 0.2) is 0 Å². The maximum atomic E-state index is 5.46. The Morgan fingerprint density at radius 1 is 1.09 bits per heavy atom. The van der Waals surface area contributed by atoms with Crippen LogP contribution in [0, 0.1) is 0 Å². The van der Waals surface area contributed by atoms with Gasteiger partial charge in [-0.2, -0.15) is 0 Å². The molecular weight excluding hydrogens is 160 g/mol. The van der Waals surface area contributed by atoms with Gasteiger partial charge in [0, 0.05) is 12.4 Å². The molecule has 0 amide bonds. The predicted octanol–water partition coefficient (Wildman–Crippen LogP) is 1.30. The first-order valence-corrected chi connectivity index (χ1v) is 5.19. The van der Waals surface area contributed by atoms with E-state index in [0.717, 1.165) is 32.2 Å². The van der Waals surface area contributed by atoms with Crippen molar-refractivity contribution in [2.75, 3.05) is 32.2 Å². The van der Waals surface area contributed by atoms with Gasteiger partial charge in [0.1, 0.15) is 0 Å². The van der Waals surface area contributed by atoms with E-state index < -0.39 is 0 Å². The lowest BCUT2D eigenvalue weighted by Crippen LogP contribution is -2.43. The fourth-order valence-corrected chi connectivity index (χ4v) is 2.93. The van der Waals surface area contributed by atoms with Gasteiger partial charge in [-0.3, -0.25) is 0 Å². The molecule has 2 aliphatic heterocycles. The van der Waals surface area contributed by atoms with Gasteiger partial charge in [-0.1, -0.05) is 0 Å². The van der Waals surface area contributed by atoms with Crippen molar-refractivity contribution in [2.45, 2.75) is 17.6 Å². The molecule has 1 atom stereocenters. The minimum Gasteiger partial charge on any atom is -0.380 e. The fraction of sp³-hybridized carbons (Fsp3) is 1.00. The molecule has 1 unspecified atom stereocenters. The molecule has 2 nitrogen and oxygen atoms in total. The summed E-state index contributed by atoms with van der Waals surface area (Å²) in [5.41, 5.74) is 0. The second kappa shape index (κ2) is 3.33. The molecule has 2 fully saturated rings. The van der Waals surface area contributed by atoms with Crippen molar-refractivity contribution in [3.63, 3.8) is 0 Å². The van der Waals surface area contributed by atoms with Crippen LogP contribution < -0.4 is 0 Å². The van der Waals surface area contributed by atoms with Gasteiger partial charge >= 0.3 is 0 Å². The molecule has 0 aromatic heterocycles. The van der Waals surface area contributed by atoms with Crippen LogP contribution >= 0.6 is 11.8 Å². The first-order chi connectivity index (χ1) is 5.41. The number of hydrogen-bond donors (Lipinski definition) is 0. The maximum absolute atomic E-state index is 5.46. The lowest BCUT2D eigenvalue weighted by Gasteiger charge is -2.38. The normalized spacial score (nSPS) is 39.3. The van der Waals surface area contributed by atoms with Gasteiger partial charge in [-0.05, 0) is 12.8 Å². The molecule has 0 N–H and O–H groups in total. The summed E-state index contributed by atoms with van der Waals surface area (Å²) >= 11 is 2.04. The Morgan fingerprint density at radius 2 is 1.91 bits per heavy atom. The Bertz CT molecular complexity index is 107. The highest BCUT2D eigenvalue weighted by Gasteiger charge is 2.35. The van der Waals surface area contributed by atoms with Crippen molar-refractivity contribution in [1.29, 1.82) is 0 Å². The van der Waals surface area contributed by atoms with Crippen LogP contribution in [0.3, 0.4) is 0 Å². The van der Waals surface area contributed by atoms with E-state index in [2.05, 4.69) is 0 Å². The molecule has 0 aliphatic carbocycles. The van der Waals surface area contributed by atoms with E-state index in [1.807, 2.05) is 11.8 Å². The second-order valence-corrected chi connectivity index (χ2v) is 4.80. The van der Waals surface area contributed by atoms with Crippen LogP contribution in [0.15, 0.2) is 0 Å². The zero-order chi connectivity index (χ0) is 7.57. The van der Waals surface area contributed by atoms with E-state index in [9.17, 15) is 0 Å².